The quantitative estimate of drug-likeness (QED) is 0.917. The highest BCUT2D eigenvalue weighted by atomic mass is 35.5. The number of hydrogen-bond donors (Lipinski definition) is 1. The second-order valence-electron chi connectivity index (χ2n) is 4.03. The average molecular weight is 273 g/mol. The summed E-state index contributed by atoms with van der Waals surface area (Å²) in [6.07, 6.45) is 0. The minimum Gasteiger partial charge on any atom is -0.333 e. The molecule has 92 valence electrons. The molecule has 0 bridgehead atoms. The third-order valence-electron chi connectivity index (χ3n) is 2.96. The smallest absolute Gasteiger partial charge is 0.255 e. The van der Waals surface area contributed by atoms with Crippen molar-refractivity contribution in [2.45, 2.75) is 13.0 Å². The lowest BCUT2D eigenvalue weighted by atomic mass is 10.1. The SMILES string of the molecule is CCN(C(=O)c1cc(Cl)ccc1Cl)C1CNC1. The number of carbonyl (C=O) groups excluding carboxylic acids is 1. The Morgan fingerprint density at radius 3 is 2.71 bits per heavy atom. The Labute approximate surface area is 111 Å². The fourth-order valence-electron chi connectivity index (χ4n) is 1.88. The molecule has 0 aromatic heterocycles. The monoisotopic (exact) mass is 272 g/mol. The van der Waals surface area contributed by atoms with E-state index >= 15 is 0 Å². The molecule has 0 unspecified atom stereocenters. The van der Waals surface area contributed by atoms with E-state index in [1.165, 1.54) is 0 Å². The van der Waals surface area contributed by atoms with Crippen molar-refractivity contribution in [2.24, 2.45) is 0 Å². The summed E-state index contributed by atoms with van der Waals surface area (Å²) >= 11 is 11.9. The molecule has 2 rings (SSSR count). The summed E-state index contributed by atoms with van der Waals surface area (Å²) in [5.74, 6) is -0.0495. The van der Waals surface area contributed by atoms with Crippen molar-refractivity contribution >= 4 is 29.1 Å². The van der Waals surface area contributed by atoms with Crippen LogP contribution in [-0.2, 0) is 0 Å². The first-order valence-corrected chi connectivity index (χ1v) is 6.35. The number of benzene rings is 1. The summed E-state index contributed by atoms with van der Waals surface area (Å²) < 4.78 is 0. The number of amides is 1. The normalized spacial score (nSPS) is 15.5. The zero-order valence-corrected chi connectivity index (χ0v) is 11.1. The molecule has 5 heteroatoms. The van der Waals surface area contributed by atoms with E-state index in [4.69, 9.17) is 23.2 Å². The van der Waals surface area contributed by atoms with Gasteiger partial charge >= 0.3 is 0 Å². The van der Waals surface area contributed by atoms with Crippen molar-refractivity contribution < 1.29 is 4.79 Å². The lowest BCUT2D eigenvalue weighted by Crippen LogP contribution is -2.58. The van der Waals surface area contributed by atoms with Crippen LogP contribution in [0.15, 0.2) is 18.2 Å². The Bertz CT molecular complexity index is 433. The molecule has 0 atom stereocenters. The molecule has 0 saturated carbocycles. The summed E-state index contributed by atoms with van der Waals surface area (Å²) in [4.78, 5) is 14.2. The van der Waals surface area contributed by atoms with Crippen molar-refractivity contribution in [2.75, 3.05) is 19.6 Å². The van der Waals surface area contributed by atoms with Crippen molar-refractivity contribution in [3.05, 3.63) is 33.8 Å². The Morgan fingerprint density at radius 2 is 2.18 bits per heavy atom. The molecule has 1 N–H and O–H groups in total. The highest BCUT2D eigenvalue weighted by Crippen LogP contribution is 2.23. The molecule has 1 saturated heterocycles. The largest absolute Gasteiger partial charge is 0.333 e. The van der Waals surface area contributed by atoms with Gasteiger partial charge in [0.25, 0.3) is 5.91 Å². The fourth-order valence-corrected chi connectivity index (χ4v) is 2.25. The number of hydrogen-bond acceptors (Lipinski definition) is 2. The topological polar surface area (TPSA) is 32.3 Å². The van der Waals surface area contributed by atoms with Gasteiger partial charge in [0, 0.05) is 24.7 Å². The number of nitrogens with one attached hydrogen (secondary N) is 1. The lowest BCUT2D eigenvalue weighted by Gasteiger charge is -2.37. The first-order chi connectivity index (χ1) is 8.13. The standard InChI is InChI=1S/C12H14Cl2N2O/c1-2-16(9-6-15-7-9)12(17)10-5-8(13)3-4-11(10)14/h3-5,9,15H,2,6-7H2,1H3. The van der Waals surface area contributed by atoms with Crippen LogP contribution in [0, 0.1) is 0 Å². The van der Waals surface area contributed by atoms with E-state index in [2.05, 4.69) is 5.32 Å². The summed E-state index contributed by atoms with van der Waals surface area (Å²) in [6, 6.07) is 5.23. The van der Waals surface area contributed by atoms with Crippen molar-refractivity contribution in [1.82, 2.24) is 10.2 Å². The molecular formula is C12H14Cl2N2O. The van der Waals surface area contributed by atoms with Gasteiger partial charge in [0.15, 0.2) is 0 Å². The number of nitrogens with zero attached hydrogens (tertiary/aromatic N) is 1. The predicted octanol–water partition coefficient (Wildman–Crippen LogP) is 2.43. The number of carbonyl (C=O) groups is 1. The van der Waals surface area contributed by atoms with Gasteiger partial charge in [-0.1, -0.05) is 23.2 Å². The Kier molecular flexibility index (Phi) is 3.92. The van der Waals surface area contributed by atoms with Gasteiger partial charge in [-0.25, -0.2) is 0 Å². The Hall–Kier alpha value is -0.770. The molecule has 0 radical (unpaired) electrons. The van der Waals surface area contributed by atoms with Crippen LogP contribution in [0.5, 0.6) is 0 Å². The maximum absolute atomic E-state index is 12.3. The van der Waals surface area contributed by atoms with E-state index < -0.39 is 0 Å². The van der Waals surface area contributed by atoms with Crippen LogP contribution >= 0.6 is 23.2 Å². The molecular weight excluding hydrogens is 259 g/mol. The second-order valence-corrected chi connectivity index (χ2v) is 4.87. The molecule has 1 aromatic rings. The zero-order chi connectivity index (χ0) is 12.4. The van der Waals surface area contributed by atoms with Crippen LogP contribution in [0.3, 0.4) is 0 Å². The number of halogens is 2. The molecule has 1 aromatic carbocycles. The van der Waals surface area contributed by atoms with Gasteiger partial charge in [0.2, 0.25) is 0 Å². The summed E-state index contributed by atoms with van der Waals surface area (Å²) in [5.41, 5.74) is 0.480. The maximum atomic E-state index is 12.3. The van der Waals surface area contributed by atoms with Crippen LogP contribution in [0.4, 0.5) is 0 Å². The molecule has 1 aliphatic rings. The van der Waals surface area contributed by atoms with Crippen molar-refractivity contribution in [1.29, 1.82) is 0 Å². The Morgan fingerprint density at radius 1 is 1.47 bits per heavy atom. The summed E-state index contributed by atoms with van der Waals surface area (Å²) in [7, 11) is 0. The van der Waals surface area contributed by atoms with E-state index in [0.717, 1.165) is 13.1 Å². The van der Waals surface area contributed by atoms with Gasteiger partial charge in [-0.3, -0.25) is 4.79 Å². The van der Waals surface area contributed by atoms with Crippen molar-refractivity contribution in [3.8, 4) is 0 Å². The Balaban J connectivity index is 2.25. The van der Waals surface area contributed by atoms with Crippen LogP contribution in [0.2, 0.25) is 10.0 Å². The minimum absolute atomic E-state index is 0.0495. The molecule has 0 aliphatic carbocycles. The minimum atomic E-state index is -0.0495. The van der Waals surface area contributed by atoms with Gasteiger partial charge in [-0.15, -0.1) is 0 Å². The summed E-state index contributed by atoms with van der Waals surface area (Å²) in [6.45, 7) is 4.33. The van der Waals surface area contributed by atoms with E-state index in [9.17, 15) is 4.79 Å². The second kappa shape index (κ2) is 5.25. The van der Waals surface area contributed by atoms with Gasteiger partial charge in [0.05, 0.1) is 16.6 Å². The molecule has 0 spiro atoms. The van der Waals surface area contributed by atoms with Crippen molar-refractivity contribution in [3.63, 3.8) is 0 Å². The molecule has 1 aliphatic heterocycles. The first-order valence-electron chi connectivity index (χ1n) is 5.60. The molecule has 17 heavy (non-hydrogen) atoms. The van der Waals surface area contributed by atoms with Crippen LogP contribution < -0.4 is 5.32 Å². The zero-order valence-electron chi connectivity index (χ0n) is 9.54. The van der Waals surface area contributed by atoms with Crippen LogP contribution in [0.25, 0.3) is 0 Å². The van der Waals surface area contributed by atoms with E-state index in [1.807, 2.05) is 11.8 Å². The van der Waals surface area contributed by atoms with Gasteiger partial charge in [0.1, 0.15) is 0 Å². The molecule has 1 heterocycles. The number of likely N-dealkylation sites (N-methyl/N-ethyl adjacent to an activating group) is 1. The van der Waals surface area contributed by atoms with Gasteiger partial charge < -0.3 is 10.2 Å². The fraction of sp³-hybridized carbons (Fsp3) is 0.417. The highest BCUT2D eigenvalue weighted by molar-refractivity contribution is 6.35. The van der Waals surface area contributed by atoms with Crippen LogP contribution in [-0.4, -0.2) is 36.5 Å². The summed E-state index contributed by atoms with van der Waals surface area (Å²) in [5, 5.41) is 4.13. The molecule has 1 fully saturated rings. The average Bonchev–Trinajstić information content (AvgIpc) is 2.25. The third-order valence-corrected chi connectivity index (χ3v) is 3.53. The molecule has 3 nitrogen and oxygen atoms in total. The van der Waals surface area contributed by atoms with Gasteiger partial charge in [-0.2, -0.15) is 0 Å². The molecule has 1 amide bonds. The highest BCUT2D eigenvalue weighted by Gasteiger charge is 2.28. The van der Waals surface area contributed by atoms with Crippen LogP contribution in [0.1, 0.15) is 17.3 Å². The van der Waals surface area contributed by atoms with E-state index in [0.29, 0.717) is 22.2 Å². The van der Waals surface area contributed by atoms with Gasteiger partial charge in [-0.05, 0) is 25.1 Å². The van der Waals surface area contributed by atoms with E-state index in [-0.39, 0.29) is 11.9 Å². The third kappa shape index (κ3) is 2.57. The maximum Gasteiger partial charge on any atom is 0.255 e. The lowest BCUT2D eigenvalue weighted by molar-refractivity contribution is 0.0630. The van der Waals surface area contributed by atoms with E-state index in [1.54, 1.807) is 18.2 Å². The number of rotatable bonds is 3. The first kappa shape index (κ1) is 12.7. The predicted molar refractivity (Wildman–Crippen MR) is 69.8 cm³/mol.